The highest BCUT2D eigenvalue weighted by molar-refractivity contribution is 6.16. The monoisotopic (exact) mass is 764 g/mol. The van der Waals surface area contributed by atoms with Crippen LogP contribution in [0.1, 0.15) is 0 Å². The van der Waals surface area contributed by atoms with E-state index in [1.165, 1.54) is 66.0 Å². The predicted octanol–water partition coefficient (Wildman–Crippen LogP) is 16.1. The lowest BCUT2D eigenvalue weighted by Crippen LogP contribution is -2.11. The standard InChI is InChI=1S/C58H40N2/c1-3-18-41(19-4-1)48-26-9-10-27-49(48)43-36-38-47(39-37-43)59(55-34-16-21-42-20-7-8-28-50(42)55)54-32-13-11-29-51(54)44-22-15-23-45(40-44)52-31-17-35-57-58(52)53-30-12-14-33-56(53)60(57)46-24-5-2-6-25-46/h1-40H. The smallest absolute Gasteiger partial charge is 0.0547 e. The molecular formula is C58H40N2. The molecule has 11 rings (SSSR count). The maximum atomic E-state index is 2.44. The van der Waals surface area contributed by atoms with Crippen molar-refractivity contribution in [3.63, 3.8) is 0 Å². The van der Waals surface area contributed by atoms with E-state index in [9.17, 15) is 0 Å². The number of hydrogen-bond acceptors (Lipinski definition) is 1. The Labute approximate surface area is 350 Å². The van der Waals surface area contributed by atoms with Gasteiger partial charge in [0.15, 0.2) is 0 Å². The molecule has 0 aliphatic heterocycles. The van der Waals surface area contributed by atoms with Crippen LogP contribution in [-0.4, -0.2) is 4.57 Å². The van der Waals surface area contributed by atoms with E-state index < -0.39 is 0 Å². The Balaban J connectivity index is 1.07. The van der Waals surface area contributed by atoms with E-state index in [0.717, 1.165) is 33.9 Å². The maximum absolute atomic E-state index is 2.44. The van der Waals surface area contributed by atoms with E-state index >= 15 is 0 Å². The van der Waals surface area contributed by atoms with Gasteiger partial charge in [-0.3, -0.25) is 0 Å². The molecule has 1 heterocycles. The number of aromatic nitrogens is 1. The van der Waals surface area contributed by atoms with Crippen molar-refractivity contribution < 1.29 is 0 Å². The summed E-state index contributed by atoms with van der Waals surface area (Å²) >= 11 is 0. The fourth-order valence-corrected chi connectivity index (χ4v) is 9.09. The minimum absolute atomic E-state index is 1.09. The Morgan fingerprint density at radius 2 is 0.800 bits per heavy atom. The molecule has 0 aliphatic carbocycles. The molecule has 0 spiro atoms. The molecule has 0 saturated carbocycles. The third kappa shape index (κ3) is 6.14. The predicted molar refractivity (Wildman–Crippen MR) is 255 cm³/mol. The van der Waals surface area contributed by atoms with Crippen LogP contribution in [-0.2, 0) is 0 Å². The largest absolute Gasteiger partial charge is 0.309 e. The van der Waals surface area contributed by atoms with E-state index in [-0.39, 0.29) is 0 Å². The van der Waals surface area contributed by atoms with Crippen LogP contribution in [0.25, 0.3) is 82.8 Å². The number of para-hydroxylation sites is 3. The van der Waals surface area contributed by atoms with Crippen molar-refractivity contribution in [3.8, 4) is 50.2 Å². The molecule has 2 nitrogen and oxygen atoms in total. The van der Waals surface area contributed by atoms with Crippen molar-refractivity contribution in [1.82, 2.24) is 4.57 Å². The fraction of sp³-hybridized carbons (Fsp3) is 0. The summed E-state index contributed by atoms with van der Waals surface area (Å²) in [6, 6.07) is 87.8. The number of anilines is 3. The molecule has 0 unspecified atom stereocenters. The molecule has 2 heteroatoms. The minimum atomic E-state index is 1.09. The van der Waals surface area contributed by atoms with Gasteiger partial charge in [0, 0.05) is 33.1 Å². The first-order valence-electron chi connectivity index (χ1n) is 20.6. The first-order chi connectivity index (χ1) is 29.8. The van der Waals surface area contributed by atoms with Gasteiger partial charge < -0.3 is 9.47 Å². The number of fused-ring (bicyclic) bond motifs is 4. The van der Waals surface area contributed by atoms with E-state index in [2.05, 4.69) is 252 Å². The molecule has 1 aromatic heterocycles. The van der Waals surface area contributed by atoms with Gasteiger partial charge in [0.25, 0.3) is 0 Å². The van der Waals surface area contributed by atoms with Crippen molar-refractivity contribution in [3.05, 3.63) is 243 Å². The summed E-state index contributed by atoms with van der Waals surface area (Å²) in [5, 5.41) is 4.91. The van der Waals surface area contributed by atoms with Crippen LogP contribution in [0.5, 0.6) is 0 Å². The summed E-state index contributed by atoms with van der Waals surface area (Å²) in [6.45, 7) is 0. The van der Waals surface area contributed by atoms with E-state index in [4.69, 9.17) is 0 Å². The fourth-order valence-electron chi connectivity index (χ4n) is 9.09. The van der Waals surface area contributed by atoms with Crippen molar-refractivity contribution in [1.29, 1.82) is 0 Å². The van der Waals surface area contributed by atoms with E-state index in [1.54, 1.807) is 0 Å². The molecule has 0 radical (unpaired) electrons. The lowest BCUT2D eigenvalue weighted by atomic mass is 9.94. The highest BCUT2D eigenvalue weighted by Gasteiger charge is 2.21. The Kier molecular flexibility index (Phi) is 8.87. The lowest BCUT2D eigenvalue weighted by Gasteiger charge is -2.29. The van der Waals surface area contributed by atoms with Crippen LogP contribution >= 0.6 is 0 Å². The molecule has 10 aromatic carbocycles. The lowest BCUT2D eigenvalue weighted by molar-refractivity contribution is 1.18. The summed E-state index contributed by atoms with van der Waals surface area (Å²) in [7, 11) is 0. The van der Waals surface area contributed by atoms with Crippen molar-refractivity contribution >= 4 is 49.6 Å². The van der Waals surface area contributed by atoms with Gasteiger partial charge >= 0.3 is 0 Å². The number of benzene rings is 10. The quantitative estimate of drug-likeness (QED) is 0.150. The van der Waals surface area contributed by atoms with Crippen LogP contribution < -0.4 is 4.90 Å². The zero-order chi connectivity index (χ0) is 39.8. The molecular weight excluding hydrogens is 725 g/mol. The molecule has 0 amide bonds. The molecule has 0 fully saturated rings. The molecule has 11 aromatic rings. The number of nitrogens with zero attached hydrogens (tertiary/aromatic N) is 2. The molecule has 282 valence electrons. The molecule has 0 saturated heterocycles. The zero-order valence-corrected chi connectivity index (χ0v) is 33.0. The highest BCUT2D eigenvalue weighted by atomic mass is 15.1. The third-order valence-electron chi connectivity index (χ3n) is 11.8. The normalized spacial score (nSPS) is 11.3. The Morgan fingerprint density at radius 3 is 1.58 bits per heavy atom. The second-order valence-electron chi connectivity index (χ2n) is 15.3. The molecule has 60 heavy (non-hydrogen) atoms. The van der Waals surface area contributed by atoms with Crippen molar-refractivity contribution in [2.45, 2.75) is 0 Å². The summed E-state index contributed by atoms with van der Waals surface area (Å²) in [4.78, 5) is 2.44. The zero-order valence-electron chi connectivity index (χ0n) is 33.0. The minimum Gasteiger partial charge on any atom is -0.309 e. The van der Waals surface area contributed by atoms with Crippen LogP contribution in [0, 0.1) is 0 Å². The summed E-state index contributed by atoms with van der Waals surface area (Å²) in [6.07, 6.45) is 0. The molecule has 0 aliphatic rings. The number of hydrogen-bond donors (Lipinski definition) is 0. The summed E-state index contributed by atoms with van der Waals surface area (Å²) in [5.74, 6) is 0. The van der Waals surface area contributed by atoms with Gasteiger partial charge in [-0.15, -0.1) is 0 Å². The topological polar surface area (TPSA) is 8.17 Å². The summed E-state index contributed by atoms with van der Waals surface area (Å²) in [5.41, 5.74) is 16.4. The first-order valence-corrected chi connectivity index (χ1v) is 20.6. The Morgan fingerprint density at radius 1 is 0.300 bits per heavy atom. The van der Waals surface area contributed by atoms with Crippen molar-refractivity contribution in [2.75, 3.05) is 4.90 Å². The van der Waals surface area contributed by atoms with Gasteiger partial charge in [-0.25, -0.2) is 0 Å². The van der Waals surface area contributed by atoms with Gasteiger partial charge in [-0.2, -0.15) is 0 Å². The van der Waals surface area contributed by atoms with E-state index in [0.29, 0.717) is 0 Å². The second-order valence-corrected chi connectivity index (χ2v) is 15.3. The maximum Gasteiger partial charge on any atom is 0.0547 e. The van der Waals surface area contributed by atoms with Crippen LogP contribution in [0.15, 0.2) is 243 Å². The van der Waals surface area contributed by atoms with Gasteiger partial charge in [0.2, 0.25) is 0 Å². The Hall–Kier alpha value is -7.94. The van der Waals surface area contributed by atoms with Gasteiger partial charge in [0.05, 0.1) is 22.4 Å². The third-order valence-corrected chi connectivity index (χ3v) is 11.8. The highest BCUT2D eigenvalue weighted by Crippen LogP contribution is 2.45. The van der Waals surface area contributed by atoms with Gasteiger partial charge in [-0.1, -0.05) is 188 Å². The molecule has 0 bridgehead atoms. The van der Waals surface area contributed by atoms with E-state index in [1.807, 2.05) is 0 Å². The molecule has 0 N–H and O–H groups in total. The summed E-state index contributed by atoms with van der Waals surface area (Å²) < 4.78 is 2.39. The Bertz CT molecular complexity index is 3300. The van der Waals surface area contributed by atoms with Gasteiger partial charge in [-0.05, 0) is 98.9 Å². The van der Waals surface area contributed by atoms with Crippen LogP contribution in [0.3, 0.4) is 0 Å². The number of rotatable bonds is 8. The average molecular weight is 765 g/mol. The second kappa shape index (κ2) is 15.1. The van der Waals surface area contributed by atoms with Crippen LogP contribution in [0.4, 0.5) is 17.1 Å². The average Bonchev–Trinajstić information content (AvgIpc) is 3.67. The first kappa shape index (κ1) is 35.2. The SMILES string of the molecule is c1ccc(-c2ccccc2-c2ccc(N(c3ccccc3-c3cccc(-c4cccc5c4c4ccccc4n5-c4ccccc4)c3)c3cccc4ccccc34)cc2)cc1. The van der Waals surface area contributed by atoms with Crippen LogP contribution in [0.2, 0.25) is 0 Å². The van der Waals surface area contributed by atoms with Gasteiger partial charge in [0.1, 0.15) is 0 Å². The van der Waals surface area contributed by atoms with Crippen molar-refractivity contribution in [2.24, 2.45) is 0 Å². The molecule has 0 atom stereocenters.